The van der Waals surface area contributed by atoms with Gasteiger partial charge in [0.25, 0.3) is 11.8 Å². The first-order chi connectivity index (χ1) is 14.8. The molecule has 162 valence electrons. The van der Waals surface area contributed by atoms with Crippen LogP contribution >= 0.6 is 22.9 Å². The van der Waals surface area contributed by atoms with Crippen molar-refractivity contribution in [1.29, 1.82) is 0 Å². The van der Waals surface area contributed by atoms with Crippen molar-refractivity contribution < 1.29 is 14.3 Å². The molecular formula is C24H25ClN2O3S. The smallest absolute Gasteiger partial charge is 0.261 e. The summed E-state index contributed by atoms with van der Waals surface area (Å²) in [7, 11) is 0. The minimum Gasteiger partial charge on any atom is -0.374 e. The number of amides is 2. The standard InChI is InChI=1S/C24H25ClN2O3S/c1-15(2)30-14-18-9-5-4-8-17(18)13-26-24(29)22-16(3)12-21(31-22)27-23(28)19-10-6-7-11-20(19)25/h4-12,15H,13-14H2,1-3H3,(H,26,29)(H,27,28). The number of carbonyl (C=O) groups is 2. The molecule has 0 aliphatic rings. The van der Waals surface area contributed by atoms with Crippen molar-refractivity contribution in [3.8, 4) is 0 Å². The van der Waals surface area contributed by atoms with Crippen molar-refractivity contribution in [3.05, 3.63) is 86.8 Å². The van der Waals surface area contributed by atoms with Gasteiger partial charge in [0.2, 0.25) is 0 Å². The highest BCUT2D eigenvalue weighted by molar-refractivity contribution is 7.18. The molecule has 0 bridgehead atoms. The van der Waals surface area contributed by atoms with E-state index >= 15 is 0 Å². The van der Waals surface area contributed by atoms with Crippen LogP contribution in [0.4, 0.5) is 5.00 Å². The fraction of sp³-hybridized carbons (Fsp3) is 0.250. The lowest BCUT2D eigenvalue weighted by atomic mass is 10.1. The molecule has 1 aromatic heterocycles. The lowest BCUT2D eigenvalue weighted by Crippen LogP contribution is -2.23. The summed E-state index contributed by atoms with van der Waals surface area (Å²) < 4.78 is 5.70. The molecule has 0 saturated carbocycles. The van der Waals surface area contributed by atoms with E-state index in [-0.39, 0.29) is 17.9 Å². The molecule has 7 heteroatoms. The molecule has 0 aliphatic carbocycles. The molecule has 1 heterocycles. The third-order valence-corrected chi connectivity index (χ3v) is 6.09. The number of halogens is 1. The summed E-state index contributed by atoms with van der Waals surface area (Å²) >= 11 is 7.33. The molecule has 2 amide bonds. The van der Waals surface area contributed by atoms with Crippen molar-refractivity contribution in [2.75, 3.05) is 5.32 Å². The Bertz CT molecular complexity index is 1080. The zero-order chi connectivity index (χ0) is 22.4. The SMILES string of the molecule is Cc1cc(NC(=O)c2ccccc2Cl)sc1C(=O)NCc1ccccc1COC(C)C. The Balaban J connectivity index is 1.65. The van der Waals surface area contributed by atoms with Crippen molar-refractivity contribution in [2.45, 2.75) is 40.0 Å². The van der Waals surface area contributed by atoms with Crippen molar-refractivity contribution >= 4 is 39.8 Å². The van der Waals surface area contributed by atoms with Gasteiger partial charge in [-0.2, -0.15) is 0 Å². The largest absolute Gasteiger partial charge is 0.374 e. The summed E-state index contributed by atoms with van der Waals surface area (Å²) in [5.41, 5.74) is 3.25. The summed E-state index contributed by atoms with van der Waals surface area (Å²) in [5, 5.41) is 6.77. The van der Waals surface area contributed by atoms with Gasteiger partial charge in [-0.15, -0.1) is 11.3 Å². The Labute approximate surface area is 191 Å². The van der Waals surface area contributed by atoms with E-state index in [4.69, 9.17) is 16.3 Å². The predicted molar refractivity (Wildman–Crippen MR) is 126 cm³/mol. The van der Waals surface area contributed by atoms with Gasteiger partial charge >= 0.3 is 0 Å². The first kappa shape index (κ1) is 23.0. The topological polar surface area (TPSA) is 67.4 Å². The van der Waals surface area contributed by atoms with E-state index in [1.807, 2.05) is 45.0 Å². The molecule has 31 heavy (non-hydrogen) atoms. The monoisotopic (exact) mass is 456 g/mol. The summed E-state index contributed by atoms with van der Waals surface area (Å²) in [6.07, 6.45) is 0.135. The maximum absolute atomic E-state index is 12.8. The van der Waals surface area contributed by atoms with Crippen molar-refractivity contribution in [1.82, 2.24) is 5.32 Å². The van der Waals surface area contributed by atoms with E-state index in [0.29, 0.717) is 33.6 Å². The number of thiophene rings is 1. The van der Waals surface area contributed by atoms with Crippen LogP contribution in [0.3, 0.4) is 0 Å². The van der Waals surface area contributed by atoms with Crippen LogP contribution in [0.1, 0.15) is 50.6 Å². The Morgan fingerprint density at radius 3 is 2.42 bits per heavy atom. The van der Waals surface area contributed by atoms with Gasteiger partial charge in [0.05, 0.1) is 33.2 Å². The summed E-state index contributed by atoms with van der Waals surface area (Å²) in [4.78, 5) is 25.8. The third kappa shape index (κ3) is 6.17. The number of rotatable bonds is 8. The number of aryl methyl sites for hydroxylation is 1. The average molecular weight is 457 g/mol. The molecule has 0 radical (unpaired) electrons. The highest BCUT2D eigenvalue weighted by Gasteiger charge is 2.17. The molecule has 3 aromatic rings. The minimum absolute atomic E-state index is 0.135. The van der Waals surface area contributed by atoms with Crippen LogP contribution in [-0.2, 0) is 17.9 Å². The second-order valence-corrected chi connectivity index (χ2v) is 8.83. The number of hydrogen-bond donors (Lipinski definition) is 2. The Morgan fingerprint density at radius 1 is 1.03 bits per heavy atom. The van der Waals surface area contributed by atoms with Crippen molar-refractivity contribution in [2.24, 2.45) is 0 Å². The zero-order valence-corrected chi connectivity index (χ0v) is 19.3. The second-order valence-electron chi connectivity index (χ2n) is 7.37. The fourth-order valence-corrected chi connectivity index (χ4v) is 4.18. The summed E-state index contributed by atoms with van der Waals surface area (Å²) in [6, 6.07) is 16.5. The fourth-order valence-electron chi connectivity index (χ4n) is 2.98. The van der Waals surface area contributed by atoms with Gasteiger partial charge in [0.15, 0.2) is 0 Å². The van der Waals surface area contributed by atoms with Gasteiger partial charge < -0.3 is 15.4 Å². The summed E-state index contributed by atoms with van der Waals surface area (Å²) in [5.74, 6) is -0.488. The first-order valence-electron chi connectivity index (χ1n) is 9.98. The Kier molecular flexibility index (Phi) is 7.85. The predicted octanol–water partition coefficient (Wildman–Crippen LogP) is 5.82. The van der Waals surface area contributed by atoms with Gasteiger partial charge in [-0.05, 0) is 55.7 Å². The van der Waals surface area contributed by atoms with Gasteiger partial charge in [-0.3, -0.25) is 9.59 Å². The summed E-state index contributed by atoms with van der Waals surface area (Å²) in [6.45, 7) is 6.73. The molecule has 2 aromatic carbocycles. The normalized spacial score (nSPS) is 10.9. The lowest BCUT2D eigenvalue weighted by Gasteiger charge is -2.12. The number of ether oxygens (including phenoxy) is 1. The molecule has 0 saturated heterocycles. The van der Waals surface area contributed by atoms with Crippen LogP contribution in [0.15, 0.2) is 54.6 Å². The molecule has 5 nitrogen and oxygen atoms in total. The third-order valence-electron chi connectivity index (χ3n) is 4.61. The molecular weight excluding hydrogens is 432 g/mol. The second kappa shape index (κ2) is 10.6. The van der Waals surface area contributed by atoms with E-state index in [1.165, 1.54) is 11.3 Å². The van der Waals surface area contributed by atoms with Crippen molar-refractivity contribution in [3.63, 3.8) is 0 Å². The maximum Gasteiger partial charge on any atom is 0.261 e. The van der Waals surface area contributed by atoms with E-state index in [2.05, 4.69) is 10.6 Å². The molecule has 0 atom stereocenters. The van der Waals surface area contributed by atoms with E-state index < -0.39 is 0 Å². The van der Waals surface area contributed by atoms with E-state index in [0.717, 1.165) is 16.7 Å². The quantitative estimate of drug-likeness (QED) is 0.449. The number of benzene rings is 2. The van der Waals surface area contributed by atoms with Crippen LogP contribution in [0.2, 0.25) is 5.02 Å². The maximum atomic E-state index is 12.8. The molecule has 0 fully saturated rings. The molecule has 2 N–H and O–H groups in total. The van der Waals surface area contributed by atoms with Gasteiger partial charge in [0.1, 0.15) is 0 Å². The minimum atomic E-state index is -0.308. The van der Waals surface area contributed by atoms with Gasteiger partial charge in [-0.25, -0.2) is 0 Å². The Hall–Kier alpha value is -2.67. The average Bonchev–Trinajstić information content (AvgIpc) is 3.11. The highest BCUT2D eigenvalue weighted by atomic mass is 35.5. The van der Waals surface area contributed by atoms with Gasteiger partial charge in [-0.1, -0.05) is 48.0 Å². The van der Waals surface area contributed by atoms with Crippen LogP contribution < -0.4 is 10.6 Å². The molecule has 0 aliphatic heterocycles. The lowest BCUT2D eigenvalue weighted by molar-refractivity contribution is 0.0651. The highest BCUT2D eigenvalue weighted by Crippen LogP contribution is 2.28. The number of hydrogen-bond acceptors (Lipinski definition) is 4. The van der Waals surface area contributed by atoms with Crippen LogP contribution in [0, 0.1) is 6.92 Å². The number of anilines is 1. The van der Waals surface area contributed by atoms with E-state index in [1.54, 1.807) is 30.3 Å². The number of nitrogens with one attached hydrogen (secondary N) is 2. The molecule has 3 rings (SSSR count). The van der Waals surface area contributed by atoms with Gasteiger partial charge in [0, 0.05) is 6.54 Å². The van der Waals surface area contributed by atoms with Crippen LogP contribution in [0.25, 0.3) is 0 Å². The molecule has 0 unspecified atom stereocenters. The van der Waals surface area contributed by atoms with Crippen LogP contribution in [0.5, 0.6) is 0 Å². The van der Waals surface area contributed by atoms with Crippen LogP contribution in [-0.4, -0.2) is 17.9 Å². The zero-order valence-electron chi connectivity index (χ0n) is 17.7. The Morgan fingerprint density at radius 2 is 1.71 bits per heavy atom. The first-order valence-corrected chi connectivity index (χ1v) is 11.2. The molecule has 0 spiro atoms. The van der Waals surface area contributed by atoms with E-state index in [9.17, 15) is 9.59 Å². The number of carbonyl (C=O) groups excluding carboxylic acids is 2.